The molecule has 1 saturated heterocycles. The van der Waals surface area contributed by atoms with Crippen LogP contribution in [0.2, 0.25) is 0 Å². The lowest BCUT2D eigenvalue weighted by molar-refractivity contribution is 0.198. The topological polar surface area (TPSA) is 78.6 Å². The molecule has 1 fully saturated rings. The minimum atomic E-state index is 0.287. The number of hydrogen-bond acceptors (Lipinski definition) is 6. The molecule has 0 radical (unpaired) electrons. The molecule has 1 aliphatic rings. The molecule has 0 bridgehead atoms. The lowest BCUT2D eigenvalue weighted by atomic mass is 10.0. The fourth-order valence-corrected chi connectivity index (χ4v) is 3.82. The highest BCUT2D eigenvalue weighted by molar-refractivity contribution is 7.07. The summed E-state index contributed by atoms with van der Waals surface area (Å²) in [5, 5.41) is 15.3. The van der Waals surface area contributed by atoms with Crippen molar-refractivity contribution in [3.63, 3.8) is 0 Å². The van der Waals surface area contributed by atoms with Crippen LogP contribution in [0.4, 0.5) is 0 Å². The number of rotatable bonds is 7. The van der Waals surface area contributed by atoms with Gasteiger partial charge in [0.25, 0.3) is 0 Å². The molecule has 0 unspecified atom stereocenters. The minimum absolute atomic E-state index is 0.287. The van der Waals surface area contributed by atoms with Crippen molar-refractivity contribution in [2.24, 2.45) is 4.99 Å². The van der Waals surface area contributed by atoms with E-state index in [1.807, 2.05) is 7.05 Å². The number of aliphatic imine (C=N–C) groups is 1. The Morgan fingerprint density at radius 3 is 2.85 bits per heavy atom. The Labute approximate surface area is 165 Å². The first-order valence-corrected chi connectivity index (χ1v) is 10.6. The van der Waals surface area contributed by atoms with Gasteiger partial charge in [0.1, 0.15) is 0 Å². The highest BCUT2D eigenvalue weighted by Gasteiger charge is 2.20. The van der Waals surface area contributed by atoms with E-state index >= 15 is 0 Å². The lowest BCUT2D eigenvalue weighted by Gasteiger charge is -2.32. The number of thiophene rings is 1. The number of nitrogens with one attached hydrogen (secondary N) is 2. The molecule has 2 aromatic rings. The van der Waals surface area contributed by atoms with Gasteiger partial charge in [0, 0.05) is 51.6 Å². The second-order valence-corrected chi connectivity index (χ2v) is 8.06. The normalized spacial score (nSPS) is 16.8. The summed E-state index contributed by atoms with van der Waals surface area (Å²) in [5.74, 6) is 2.57. The van der Waals surface area contributed by atoms with E-state index in [1.54, 1.807) is 11.3 Å². The molecular formula is C19H30N6OS. The number of aromatic nitrogens is 2. The van der Waals surface area contributed by atoms with Crippen LogP contribution in [-0.4, -0.2) is 53.7 Å². The summed E-state index contributed by atoms with van der Waals surface area (Å²) in [6.07, 6.45) is 2.96. The molecule has 2 aromatic heterocycles. The first-order chi connectivity index (χ1) is 13.1. The van der Waals surface area contributed by atoms with Crippen LogP contribution in [0.1, 0.15) is 49.9 Å². The quantitative estimate of drug-likeness (QED) is 0.559. The van der Waals surface area contributed by atoms with Crippen molar-refractivity contribution in [1.82, 2.24) is 25.7 Å². The van der Waals surface area contributed by atoms with Gasteiger partial charge in [-0.15, -0.1) is 0 Å². The van der Waals surface area contributed by atoms with Gasteiger partial charge in [0.15, 0.2) is 11.8 Å². The van der Waals surface area contributed by atoms with Gasteiger partial charge in [-0.1, -0.05) is 19.0 Å². The third-order valence-electron chi connectivity index (χ3n) is 4.77. The summed E-state index contributed by atoms with van der Waals surface area (Å²) >= 11 is 1.77. The van der Waals surface area contributed by atoms with Crippen molar-refractivity contribution < 1.29 is 4.52 Å². The summed E-state index contributed by atoms with van der Waals surface area (Å²) in [4.78, 5) is 11.3. The van der Waals surface area contributed by atoms with Crippen molar-refractivity contribution in [3.05, 3.63) is 34.1 Å². The van der Waals surface area contributed by atoms with E-state index in [2.05, 4.69) is 61.3 Å². The summed E-state index contributed by atoms with van der Waals surface area (Å²) < 4.78 is 5.28. The molecule has 7 nitrogen and oxygen atoms in total. The molecule has 0 spiro atoms. The summed E-state index contributed by atoms with van der Waals surface area (Å²) in [7, 11) is 1.81. The first kappa shape index (κ1) is 19.8. The van der Waals surface area contributed by atoms with Crippen molar-refractivity contribution in [2.75, 3.05) is 26.7 Å². The highest BCUT2D eigenvalue weighted by Crippen LogP contribution is 2.15. The maximum absolute atomic E-state index is 5.28. The van der Waals surface area contributed by atoms with E-state index in [-0.39, 0.29) is 5.92 Å². The molecule has 8 heteroatoms. The van der Waals surface area contributed by atoms with Crippen LogP contribution in [0.25, 0.3) is 0 Å². The Balaban J connectivity index is 1.36. The largest absolute Gasteiger partial charge is 0.356 e. The molecule has 0 amide bonds. The molecule has 3 rings (SSSR count). The predicted octanol–water partition coefficient (Wildman–Crippen LogP) is 2.63. The zero-order valence-electron chi connectivity index (χ0n) is 16.4. The van der Waals surface area contributed by atoms with Gasteiger partial charge >= 0.3 is 0 Å². The Kier molecular flexibility index (Phi) is 7.23. The summed E-state index contributed by atoms with van der Waals surface area (Å²) in [5.41, 5.74) is 1.42. The van der Waals surface area contributed by atoms with Crippen LogP contribution in [0.3, 0.4) is 0 Å². The second kappa shape index (κ2) is 9.85. The van der Waals surface area contributed by atoms with Gasteiger partial charge in [-0.2, -0.15) is 16.3 Å². The van der Waals surface area contributed by atoms with Crippen molar-refractivity contribution in [2.45, 2.75) is 51.6 Å². The predicted molar refractivity (Wildman–Crippen MR) is 109 cm³/mol. The van der Waals surface area contributed by atoms with E-state index in [1.165, 1.54) is 5.56 Å². The zero-order chi connectivity index (χ0) is 19.1. The average molecular weight is 391 g/mol. The standard InChI is InChI=1S/C19H30N6OS/c1-14(2)18-23-17(26-24-18)4-8-21-19(20-3)22-16-5-9-25(10-6-16)12-15-7-11-27-13-15/h7,11,13-14,16H,4-6,8-10,12H2,1-3H3,(H2,20,21,22). The van der Waals surface area contributed by atoms with Crippen LogP contribution in [0.15, 0.2) is 26.3 Å². The van der Waals surface area contributed by atoms with E-state index < -0.39 is 0 Å². The Hall–Kier alpha value is -1.93. The number of guanidine groups is 1. The van der Waals surface area contributed by atoms with Crippen LogP contribution in [-0.2, 0) is 13.0 Å². The summed E-state index contributed by atoms with van der Waals surface area (Å²) in [6.45, 7) is 8.13. The maximum Gasteiger partial charge on any atom is 0.228 e. The Bertz CT molecular complexity index is 704. The SMILES string of the molecule is CN=C(NCCc1nc(C(C)C)no1)NC1CCN(Cc2ccsc2)CC1. The summed E-state index contributed by atoms with van der Waals surface area (Å²) in [6, 6.07) is 2.68. The van der Waals surface area contributed by atoms with Gasteiger partial charge in [-0.05, 0) is 35.2 Å². The third kappa shape index (κ3) is 6.04. The Morgan fingerprint density at radius 1 is 1.41 bits per heavy atom. The van der Waals surface area contributed by atoms with E-state index in [0.717, 1.165) is 50.8 Å². The second-order valence-electron chi connectivity index (χ2n) is 7.28. The minimum Gasteiger partial charge on any atom is -0.356 e. The fraction of sp³-hybridized carbons (Fsp3) is 0.632. The lowest BCUT2D eigenvalue weighted by Crippen LogP contribution is -2.48. The molecule has 0 aromatic carbocycles. The molecule has 0 saturated carbocycles. The maximum atomic E-state index is 5.28. The van der Waals surface area contributed by atoms with E-state index in [0.29, 0.717) is 18.4 Å². The van der Waals surface area contributed by atoms with Crippen LogP contribution in [0.5, 0.6) is 0 Å². The van der Waals surface area contributed by atoms with Crippen molar-refractivity contribution >= 4 is 17.3 Å². The fourth-order valence-electron chi connectivity index (χ4n) is 3.16. The molecule has 1 aliphatic heterocycles. The Morgan fingerprint density at radius 2 is 2.22 bits per heavy atom. The highest BCUT2D eigenvalue weighted by atomic mass is 32.1. The molecule has 148 valence electrons. The van der Waals surface area contributed by atoms with Gasteiger partial charge in [0.05, 0.1) is 0 Å². The van der Waals surface area contributed by atoms with Gasteiger partial charge in [-0.25, -0.2) is 0 Å². The first-order valence-electron chi connectivity index (χ1n) is 9.67. The van der Waals surface area contributed by atoms with Crippen LogP contribution < -0.4 is 10.6 Å². The zero-order valence-corrected chi connectivity index (χ0v) is 17.3. The van der Waals surface area contributed by atoms with E-state index in [9.17, 15) is 0 Å². The van der Waals surface area contributed by atoms with Gasteiger partial charge in [0.2, 0.25) is 5.89 Å². The number of nitrogens with zero attached hydrogens (tertiary/aromatic N) is 4. The molecule has 27 heavy (non-hydrogen) atoms. The third-order valence-corrected chi connectivity index (χ3v) is 5.50. The van der Waals surface area contributed by atoms with Crippen LogP contribution >= 0.6 is 11.3 Å². The average Bonchev–Trinajstić information content (AvgIpc) is 3.34. The smallest absolute Gasteiger partial charge is 0.228 e. The van der Waals surface area contributed by atoms with Gasteiger partial charge < -0.3 is 15.2 Å². The number of piperidine rings is 1. The van der Waals surface area contributed by atoms with Crippen molar-refractivity contribution in [3.8, 4) is 0 Å². The monoisotopic (exact) mass is 390 g/mol. The molecule has 0 atom stereocenters. The number of hydrogen-bond donors (Lipinski definition) is 2. The van der Waals surface area contributed by atoms with Crippen LogP contribution in [0, 0.1) is 0 Å². The molecule has 2 N–H and O–H groups in total. The molecule has 3 heterocycles. The molecular weight excluding hydrogens is 360 g/mol. The molecule has 0 aliphatic carbocycles. The number of likely N-dealkylation sites (tertiary alicyclic amines) is 1. The van der Waals surface area contributed by atoms with E-state index in [4.69, 9.17) is 4.52 Å². The van der Waals surface area contributed by atoms with Crippen molar-refractivity contribution in [1.29, 1.82) is 0 Å². The van der Waals surface area contributed by atoms with Gasteiger partial charge in [-0.3, -0.25) is 9.89 Å².